The fourth-order valence-electron chi connectivity index (χ4n) is 3.38. The van der Waals surface area contributed by atoms with Gasteiger partial charge in [-0.2, -0.15) is 0 Å². The Morgan fingerprint density at radius 1 is 0.958 bits per heavy atom. The van der Waals surface area contributed by atoms with E-state index in [2.05, 4.69) is 47.6 Å². The number of hydrogen-bond donors (Lipinski definition) is 2. The molecule has 0 bridgehead atoms. The van der Waals surface area contributed by atoms with Crippen LogP contribution in [0.25, 0.3) is 5.57 Å². The van der Waals surface area contributed by atoms with E-state index in [1.54, 1.807) is 6.07 Å². The van der Waals surface area contributed by atoms with E-state index in [4.69, 9.17) is 0 Å². The summed E-state index contributed by atoms with van der Waals surface area (Å²) in [5.74, 6) is 0.850. The van der Waals surface area contributed by atoms with Crippen LogP contribution in [0.15, 0.2) is 36.1 Å². The second-order valence-corrected chi connectivity index (χ2v) is 9.70. The van der Waals surface area contributed by atoms with E-state index < -0.39 is 0 Å². The van der Waals surface area contributed by atoms with Gasteiger partial charge in [-0.15, -0.1) is 0 Å². The van der Waals surface area contributed by atoms with Gasteiger partial charge in [0.15, 0.2) is 0 Å². The molecule has 2 heteroatoms. The molecule has 1 unspecified atom stereocenters. The monoisotopic (exact) mass is 328 g/mol. The van der Waals surface area contributed by atoms with E-state index in [1.165, 1.54) is 5.57 Å². The van der Waals surface area contributed by atoms with E-state index in [-0.39, 0.29) is 22.2 Å². The highest BCUT2D eigenvalue weighted by molar-refractivity contribution is 5.75. The number of phenols is 1. The molecule has 1 aromatic carbocycles. The van der Waals surface area contributed by atoms with E-state index in [1.807, 2.05) is 32.1 Å². The number of aromatic hydroxyl groups is 1. The molecule has 2 rings (SSSR count). The average molecular weight is 328 g/mol. The highest BCUT2D eigenvalue weighted by Crippen LogP contribution is 2.48. The van der Waals surface area contributed by atoms with Gasteiger partial charge in [-0.3, -0.25) is 0 Å². The Morgan fingerprint density at radius 3 is 2.04 bits per heavy atom. The number of aliphatic hydroxyl groups is 1. The van der Waals surface area contributed by atoms with Gasteiger partial charge in [0.2, 0.25) is 0 Å². The Hall–Kier alpha value is -1.70. The van der Waals surface area contributed by atoms with Crippen LogP contribution in [0.2, 0.25) is 0 Å². The first-order chi connectivity index (χ1) is 10.7. The van der Waals surface area contributed by atoms with Crippen LogP contribution in [0.1, 0.15) is 66.5 Å². The lowest BCUT2D eigenvalue weighted by molar-refractivity contribution is 0.270. The Morgan fingerprint density at radius 2 is 1.54 bits per heavy atom. The molecule has 0 aliphatic heterocycles. The minimum Gasteiger partial charge on any atom is -0.512 e. The summed E-state index contributed by atoms with van der Waals surface area (Å²) in [7, 11) is 0. The zero-order valence-electron chi connectivity index (χ0n) is 16.4. The first kappa shape index (κ1) is 18.6. The van der Waals surface area contributed by atoms with Crippen molar-refractivity contribution in [3.63, 3.8) is 0 Å². The SMILES string of the molecule is CC1(C)C=C(c2ccc(O)cc2C(C)(C)C)C(C(C)(C)C)C=C1O. The fourth-order valence-corrected chi connectivity index (χ4v) is 3.38. The molecule has 132 valence electrons. The molecule has 0 fully saturated rings. The van der Waals surface area contributed by atoms with Gasteiger partial charge in [0, 0.05) is 11.3 Å². The minimum atomic E-state index is -0.385. The first-order valence-electron chi connectivity index (χ1n) is 8.71. The van der Waals surface area contributed by atoms with Gasteiger partial charge in [0.1, 0.15) is 5.75 Å². The lowest BCUT2D eigenvalue weighted by Gasteiger charge is -2.39. The summed E-state index contributed by atoms with van der Waals surface area (Å²) in [6, 6.07) is 5.66. The second kappa shape index (κ2) is 5.68. The molecule has 0 amide bonds. The van der Waals surface area contributed by atoms with Gasteiger partial charge < -0.3 is 10.2 Å². The summed E-state index contributed by atoms with van der Waals surface area (Å²) in [6.07, 6.45) is 4.20. The molecule has 0 spiro atoms. The number of rotatable bonds is 1. The van der Waals surface area contributed by atoms with Crippen LogP contribution < -0.4 is 0 Å². The summed E-state index contributed by atoms with van der Waals surface area (Å²) in [5.41, 5.74) is 3.05. The molecular formula is C22H32O2. The third-order valence-electron chi connectivity index (χ3n) is 4.89. The Balaban J connectivity index is 2.73. The van der Waals surface area contributed by atoms with Crippen LogP contribution in [-0.2, 0) is 5.41 Å². The van der Waals surface area contributed by atoms with Gasteiger partial charge in [0.25, 0.3) is 0 Å². The molecule has 2 N–H and O–H groups in total. The van der Waals surface area contributed by atoms with Crippen LogP contribution in [-0.4, -0.2) is 10.2 Å². The molecular weight excluding hydrogens is 296 g/mol. The van der Waals surface area contributed by atoms with Crippen LogP contribution in [0, 0.1) is 16.7 Å². The number of phenolic OH excluding ortho intramolecular Hbond substituents is 1. The van der Waals surface area contributed by atoms with Gasteiger partial charge in [0.05, 0.1) is 5.76 Å². The van der Waals surface area contributed by atoms with Crippen molar-refractivity contribution in [3.05, 3.63) is 47.2 Å². The Bertz CT molecular complexity index is 692. The third-order valence-corrected chi connectivity index (χ3v) is 4.89. The van der Waals surface area contributed by atoms with Gasteiger partial charge in [-0.25, -0.2) is 0 Å². The molecule has 1 atom stereocenters. The molecule has 1 aliphatic rings. The molecule has 1 aliphatic carbocycles. The van der Waals surface area contributed by atoms with E-state index in [9.17, 15) is 10.2 Å². The zero-order chi connectivity index (χ0) is 18.5. The summed E-state index contributed by atoms with van der Waals surface area (Å²) in [6.45, 7) is 17.2. The highest BCUT2D eigenvalue weighted by Gasteiger charge is 2.37. The van der Waals surface area contributed by atoms with E-state index in [0.29, 0.717) is 11.5 Å². The quantitative estimate of drug-likeness (QED) is 0.642. The molecule has 0 saturated heterocycles. The predicted octanol–water partition coefficient (Wildman–Crippen LogP) is 6.22. The van der Waals surface area contributed by atoms with Crippen LogP contribution in [0.4, 0.5) is 0 Å². The lowest BCUT2D eigenvalue weighted by atomic mass is 9.66. The summed E-state index contributed by atoms with van der Waals surface area (Å²) in [4.78, 5) is 0. The van der Waals surface area contributed by atoms with Crippen molar-refractivity contribution in [3.8, 4) is 5.75 Å². The van der Waals surface area contributed by atoms with Crippen molar-refractivity contribution in [2.75, 3.05) is 0 Å². The molecule has 0 saturated carbocycles. The maximum atomic E-state index is 10.5. The number of aliphatic hydroxyl groups excluding tert-OH is 1. The molecule has 1 aromatic rings. The topological polar surface area (TPSA) is 40.5 Å². The minimum absolute atomic E-state index is 0.0106. The normalized spacial score (nSPS) is 21.2. The zero-order valence-corrected chi connectivity index (χ0v) is 16.4. The fraction of sp³-hybridized carbons (Fsp3) is 0.545. The van der Waals surface area contributed by atoms with Crippen LogP contribution >= 0.6 is 0 Å². The van der Waals surface area contributed by atoms with E-state index in [0.717, 1.165) is 11.1 Å². The Kier molecular flexibility index (Phi) is 4.41. The molecule has 2 nitrogen and oxygen atoms in total. The summed E-state index contributed by atoms with van der Waals surface area (Å²) in [5, 5.41) is 20.5. The largest absolute Gasteiger partial charge is 0.512 e. The van der Waals surface area contributed by atoms with Crippen molar-refractivity contribution >= 4 is 5.57 Å². The smallest absolute Gasteiger partial charge is 0.115 e. The van der Waals surface area contributed by atoms with Crippen molar-refractivity contribution < 1.29 is 10.2 Å². The lowest BCUT2D eigenvalue weighted by Crippen LogP contribution is -2.28. The molecule has 24 heavy (non-hydrogen) atoms. The van der Waals surface area contributed by atoms with Gasteiger partial charge in [-0.05, 0) is 59.6 Å². The van der Waals surface area contributed by atoms with Crippen molar-refractivity contribution in [2.24, 2.45) is 16.7 Å². The molecule has 0 aromatic heterocycles. The Labute approximate surface area is 146 Å². The first-order valence-corrected chi connectivity index (χ1v) is 8.71. The standard InChI is InChI=1S/C22H32O2/c1-20(2,3)17-11-14(23)9-10-15(17)16-13-22(7,8)19(24)12-18(16)21(4,5)6/h9-13,18,23-24H,1-8H3. The van der Waals surface area contributed by atoms with Crippen LogP contribution in [0.3, 0.4) is 0 Å². The second-order valence-electron chi connectivity index (χ2n) is 9.70. The summed E-state index contributed by atoms with van der Waals surface area (Å²) < 4.78 is 0. The third kappa shape index (κ3) is 3.53. The summed E-state index contributed by atoms with van der Waals surface area (Å²) >= 11 is 0. The van der Waals surface area contributed by atoms with Crippen molar-refractivity contribution in [1.29, 1.82) is 0 Å². The number of benzene rings is 1. The molecule has 0 radical (unpaired) electrons. The highest BCUT2D eigenvalue weighted by atomic mass is 16.3. The predicted molar refractivity (Wildman–Crippen MR) is 102 cm³/mol. The maximum absolute atomic E-state index is 10.5. The maximum Gasteiger partial charge on any atom is 0.115 e. The van der Waals surface area contributed by atoms with Gasteiger partial charge in [-0.1, -0.05) is 53.7 Å². The van der Waals surface area contributed by atoms with Gasteiger partial charge >= 0.3 is 0 Å². The number of allylic oxidation sites excluding steroid dienone is 3. The number of hydrogen-bond acceptors (Lipinski definition) is 2. The average Bonchev–Trinajstić information content (AvgIpc) is 2.39. The van der Waals surface area contributed by atoms with Crippen molar-refractivity contribution in [2.45, 2.75) is 60.8 Å². The van der Waals surface area contributed by atoms with Crippen molar-refractivity contribution in [1.82, 2.24) is 0 Å². The molecule has 0 heterocycles. The van der Waals surface area contributed by atoms with Crippen LogP contribution in [0.5, 0.6) is 5.75 Å². The van der Waals surface area contributed by atoms with E-state index >= 15 is 0 Å².